The Balaban J connectivity index is 2.37. The van der Waals surface area contributed by atoms with Crippen LogP contribution < -0.4 is 10.6 Å². The fourth-order valence-corrected chi connectivity index (χ4v) is 2.85. The van der Waals surface area contributed by atoms with Crippen LogP contribution in [0, 0.1) is 0 Å². The molecule has 2 aromatic rings. The summed E-state index contributed by atoms with van der Waals surface area (Å²) < 4.78 is 1.84. The molecular weight excluding hydrogens is 244 g/mol. The third-order valence-electron chi connectivity index (χ3n) is 2.87. The normalized spacial score (nSPS) is 11.7. The lowest BCUT2D eigenvalue weighted by Crippen LogP contribution is -2.24. The number of nitrogens with two attached hydrogens (primary N) is 1. The maximum absolute atomic E-state index is 11.9. The van der Waals surface area contributed by atoms with Crippen LogP contribution in [0.5, 0.6) is 0 Å². The number of hydrogen-bond acceptors (Lipinski definition) is 3. The molecule has 96 valence electrons. The van der Waals surface area contributed by atoms with Crippen molar-refractivity contribution < 1.29 is 0 Å². The third kappa shape index (κ3) is 2.64. The van der Waals surface area contributed by atoms with Crippen molar-refractivity contribution in [2.45, 2.75) is 32.7 Å². The van der Waals surface area contributed by atoms with Gasteiger partial charge in [0.25, 0.3) is 0 Å². The number of hydrogen-bond donors (Lipinski definition) is 1. The Morgan fingerprint density at radius 3 is 2.39 bits per heavy atom. The van der Waals surface area contributed by atoms with Crippen molar-refractivity contribution in [1.29, 1.82) is 0 Å². The molecule has 1 aromatic heterocycles. The zero-order valence-electron chi connectivity index (χ0n) is 10.9. The average Bonchev–Trinajstić information content (AvgIpc) is 2.63. The maximum atomic E-state index is 11.9. The largest absolute Gasteiger partial charge is 0.399 e. The van der Waals surface area contributed by atoms with Crippen LogP contribution in [0.3, 0.4) is 0 Å². The summed E-state index contributed by atoms with van der Waals surface area (Å²) >= 11 is 1.26. The summed E-state index contributed by atoms with van der Waals surface area (Å²) in [5, 5.41) is 1.96. The van der Waals surface area contributed by atoms with E-state index in [0.717, 1.165) is 16.9 Å². The predicted molar refractivity (Wildman–Crippen MR) is 77.2 cm³/mol. The molecule has 1 aromatic carbocycles. The highest BCUT2D eigenvalue weighted by Gasteiger charge is 2.20. The Bertz CT molecular complexity index is 587. The summed E-state index contributed by atoms with van der Waals surface area (Å²) in [4.78, 5) is 12.0. The minimum absolute atomic E-state index is 0.0209. The van der Waals surface area contributed by atoms with Crippen molar-refractivity contribution >= 4 is 17.0 Å². The standard InChI is InChI=1S/C14H18N2OS/c1-14(2,3)12-9-18-13(17)16(12)8-10-4-6-11(15)7-5-10/h4-7,9H,8,15H2,1-3H3. The van der Waals surface area contributed by atoms with Crippen LogP contribution in [-0.4, -0.2) is 4.57 Å². The molecule has 0 saturated heterocycles. The monoisotopic (exact) mass is 262 g/mol. The molecule has 0 atom stereocenters. The first kappa shape index (κ1) is 12.9. The number of benzene rings is 1. The Labute approximate surface area is 111 Å². The van der Waals surface area contributed by atoms with E-state index in [0.29, 0.717) is 6.54 Å². The molecule has 0 radical (unpaired) electrons. The van der Waals surface area contributed by atoms with Crippen molar-refractivity contribution in [3.63, 3.8) is 0 Å². The summed E-state index contributed by atoms with van der Waals surface area (Å²) in [5.74, 6) is 0. The topological polar surface area (TPSA) is 48.0 Å². The number of nitrogen functional groups attached to an aromatic ring is 1. The van der Waals surface area contributed by atoms with Crippen LogP contribution in [0.15, 0.2) is 34.4 Å². The van der Waals surface area contributed by atoms with E-state index in [4.69, 9.17) is 5.73 Å². The van der Waals surface area contributed by atoms with Crippen molar-refractivity contribution in [3.8, 4) is 0 Å². The zero-order valence-corrected chi connectivity index (χ0v) is 11.8. The molecule has 0 aliphatic heterocycles. The molecule has 0 aliphatic carbocycles. The van der Waals surface area contributed by atoms with Gasteiger partial charge in [0.2, 0.25) is 0 Å². The molecule has 3 nitrogen and oxygen atoms in total. The van der Waals surface area contributed by atoms with Crippen molar-refractivity contribution in [2.24, 2.45) is 0 Å². The molecule has 0 amide bonds. The van der Waals surface area contributed by atoms with Gasteiger partial charge in [-0.3, -0.25) is 9.36 Å². The van der Waals surface area contributed by atoms with Crippen LogP contribution >= 0.6 is 11.3 Å². The Morgan fingerprint density at radius 1 is 1.22 bits per heavy atom. The zero-order chi connectivity index (χ0) is 13.3. The number of nitrogens with zero attached hydrogens (tertiary/aromatic N) is 1. The quantitative estimate of drug-likeness (QED) is 0.846. The molecule has 0 saturated carbocycles. The van der Waals surface area contributed by atoms with Gasteiger partial charge in [-0.2, -0.15) is 0 Å². The Kier molecular flexibility index (Phi) is 3.30. The molecular formula is C14H18N2OS. The van der Waals surface area contributed by atoms with Gasteiger partial charge in [0.05, 0.1) is 6.54 Å². The van der Waals surface area contributed by atoms with Gasteiger partial charge in [0.1, 0.15) is 0 Å². The summed E-state index contributed by atoms with van der Waals surface area (Å²) in [6, 6.07) is 7.66. The number of aromatic nitrogens is 1. The first-order valence-corrected chi connectivity index (χ1v) is 6.79. The van der Waals surface area contributed by atoms with Gasteiger partial charge in [-0.1, -0.05) is 44.2 Å². The molecule has 0 aliphatic rings. The number of thiazole rings is 1. The van der Waals surface area contributed by atoms with Crippen molar-refractivity contribution in [2.75, 3.05) is 5.73 Å². The number of anilines is 1. The fraction of sp³-hybridized carbons (Fsp3) is 0.357. The highest BCUT2D eigenvalue weighted by molar-refractivity contribution is 7.07. The van der Waals surface area contributed by atoms with Gasteiger partial charge in [0, 0.05) is 22.2 Å². The second-order valence-corrected chi connectivity index (χ2v) is 6.29. The van der Waals surface area contributed by atoms with E-state index in [2.05, 4.69) is 20.8 Å². The molecule has 2 rings (SSSR count). The van der Waals surface area contributed by atoms with Crippen molar-refractivity contribution in [1.82, 2.24) is 4.57 Å². The molecule has 18 heavy (non-hydrogen) atoms. The lowest BCUT2D eigenvalue weighted by Gasteiger charge is -2.20. The second kappa shape index (κ2) is 4.61. The highest BCUT2D eigenvalue weighted by atomic mass is 32.1. The van der Waals surface area contributed by atoms with Crippen LogP contribution in [0.2, 0.25) is 0 Å². The number of rotatable bonds is 2. The molecule has 2 N–H and O–H groups in total. The van der Waals surface area contributed by atoms with Crippen LogP contribution in [0.4, 0.5) is 5.69 Å². The van der Waals surface area contributed by atoms with Crippen LogP contribution in [0.1, 0.15) is 32.0 Å². The second-order valence-electron chi connectivity index (χ2n) is 5.46. The predicted octanol–water partition coefficient (Wildman–Crippen LogP) is 2.84. The van der Waals surface area contributed by atoms with Gasteiger partial charge in [-0.25, -0.2) is 0 Å². The lowest BCUT2D eigenvalue weighted by molar-refractivity contribution is 0.526. The smallest absolute Gasteiger partial charge is 0.307 e. The van der Waals surface area contributed by atoms with Gasteiger partial charge in [-0.15, -0.1) is 0 Å². The SMILES string of the molecule is CC(C)(C)c1csc(=O)n1Cc1ccc(N)cc1. The van der Waals surface area contributed by atoms with E-state index in [1.54, 1.807) is 0 Å². The van der Waals surface area contributed by atoms with Gasteiger partial charge >= 0.3 is 4.87 Å². The van der Waals surface area contributed by atoms with Gasteiger partial charge in [-0.05, 0) is 17.7 Å². The van der Waals surface area contributed by atoms with E-state index in [-0.39, 0.29) is 10.3 Å². The first-order valence-electron chi connectivity index (χ1n) is 5.91. The molecule has 1 heterocycles. The molecule has 0 bridgehead atoms. The van der Waals surface area contributed by atoms with Crippen LogP contribution in [0.25, 0.3) is 0 Å². The summed E-state index contributed by atoms with van der Waals surface area (Å²) in [7, 11) is 0. The lowest BCUT2D eigenvalue weighted by atomic mass is 9.93. The third-order valence-corrected chi connectivity index (χ3v) is 3.63. The Hall–Kier alpha value is -1.55. The van der Waals surface area contributed by atoms with E-state index < -0.39 is 0 Å². The van der Waals surface area contributed by atoms with E-state index >= 15 is 0 Å². The minimum Gasteiger partial charge on any atom is -0.399 e. The molecule has 4 heteroatoms. The van der Waals surface area contributed by atoms with E-state index in [1.807, 2.05) is 34.2 Å². The molecule has 0 fully saturated rings. The summed E-state index contributed by atoms with van der Waals surface area (Å²) in [6.45, 7) is 6.96. The average molecular weight is 262 g/mol. The van der Waals surface area contributed by atoms with Crippen molar-refractivity contribution in [3.05, 3.63) is 50.6 Å². The van der Waals surface area contributed by atoms with E-state index in [1.165, 1.54) is 11.3 Å². The minimum atomic E-state index is -0.0209. The summed E-state index contributed by atoms with van der Waals surface area (Å²) in [5.41, 5.74) is 8.56. The van der Waals surface area contributed by atoms with Gasteiger partial charge < -0.3 is 5.73 Å². The maximum Gasteiger partial charge on any atom is 0.307 e. The highest BCUT2D eigenvalue weighted by Crippen LogP contribution is 2.23. The first-order chi connectivity index (χ1) is 8.38. The summed E-state index contributed by atoms with van der Waals surface area (Å²) in [6.07, 6.45) is 0. The fourth-order valence-electron chi connectivity index (χ4n) is 1.87. The van der Waals surface area contributed by atoms with Crippen LogP contribution in [-0.2, 0) is 12.0 Å². The van der Waals surface area contributed by atoms with Gasteiger partial charge in [0.15, 0.2) is 0 Å². The Morgan fingerprint density at radius 2 is 1.83 bits per heavy atom. The molecule has 0 unspecified atom stereocenters. The molecule has 0 spiro atoms. The van der Waals surface area contributed by atoms with E-state index in [9.17, 15) is 4.79 Å².